The third kappa shape index (κ3) is 4.28. The first kappa shape index (κ1) is 20.9. The van der Waals surface area contributed by atoms with E-state index >= 15 is 0 Å². The lowest BCUT2D eigenvalue weighted by Gasteiger charge is -2.30. The molecule has 1 aromatic rings. The van der Waals surface area contributed by atoms with Crippen LogP contribution in [0.4, 0.5) is 4.39 Å². The molecule has 0 aromatic heterocycles. The lowest BCUT2D eigenvalue weighted by atomic mass is 10.1. The van der Waals surface area contributed by atoms with E-state index in [4.69, 9.17) is 12.2 Å². The van der Waals surface area contributed by atoms with E-state index < -0.39 is 27.8 Å². The van der Waals surface area contributed by atoms with Gasteiger partial charge >= 0.3 is 0 Å². The number of carbonyl (C=O) groups excluding carboxylic acids is 2. The van der Waals surface area contributed by atoms with Gasteiger partial charge in [0.1, 0.15) is 16.2 Å². The van der Waals surface area contributed by atoms with Crippen LogP contribution in [0.1, 0.15) is 18.9 Å². The van der Waals surface area contributed by atoms with Crippen molar-refractivity contribution in [1.29, 1.82) is 0 Å². The van der Waals surface area contributed by atoms with Crippen molar-refractivity contribution >= 4 is 56.0 Å². The third-order valence-electron chi connectivity index (χ3n) is 4.84. The number of rotatable bonds is 4. The molecule has 2 atom stereocenters. The van der Waals surface area contributed by atoms with Gasteiger partial charge in [-0.1, -0.05) is 36.1 Å². The molecule has 0 radical (unpaired) electrons. The van der Waals surface area contributed by atoms with Crippen molar-refractivity contribution in [2.24, 2.45) is 0 Å². The normalized spacial score (nSPS) is 24.0. The highest BCUT2D eigenvalue weighted by Gasteiger charge is 2.41. The van der Waals surface area contributed by atoms with E-state index in [0.29, 0.717) is 16.9 Å². The molecule has 2 aliphatic heterocycles. The smallest absolute Gasteiger partial charge is 0.266 e. The van der Waals surface area contributed by atoms with E-state index in [2.05, 4.69) is 0 Å². The van der Waals surface area contributed by atoms with Crippen molar-refractivity contribution in [3.63, 3.8) is 0 Å². The second kappa shape index (κ2) is 7.92. The van der Waals surface area contributed by atoms with Gasteiger partial charge < -0.3 is 4.90 Å². The van der Waals surface area contributed by atoms with Gasteiger partial charge in [0, 0.05) is 13.1 Å². The number of carbonyl (C=O) groups is 2. The van der Waals surface area contributed by atoms with E-state index in [0.717, 1.165) is 11.8 Å². The van der Waals surface area contributed by atoms with Gasteiger partial charge in [-0.25, -0.2) is 12.8 Å². The molecule has 2 aliphatic rings. The molecule has 150 valence electrons. The quantitative estimate of drug-likeness (QED) is 0.525. The number of halogens is 1. The van der Waals surface area contributed by atoms with Crippen LogP contribution in [-0.2, 0) is 19.4 Å². The molecule has 1 aromatic carbocycles. The predicted octanol–water partition coefficient (Wildman–Crippen LogP) is 2.06. The van der Waals surface area contributed by atoms with Crippen molar-refractivity contribution in [2.45, 2.75) is 25.4 Å². The van der Waals surface area contributed by atoms with Gasteiger partial charge in [0.15, 0.2) is 9.84 Å². The average Bonchev–Trinajstić information content (AvgIpc) is 3.14. The number of thiocarbonyl (C=S) groups is 1. The summed E-state index contributed by atoms with van der Waals surface area (Å²) in [6, 6.07) is 4.44. The van der Waals surface area contributed by atoms with Gasteiger partial charge in [0.05, 0.1) is 16.4 Å². The molecule has 3 rings (SSSR count). The summed E-state index contributed by atoms with van der Waals surface area (Å²) in [6.45, 7) is 1.58. The van der Waals surface area contributed by atoms with Crippen LogP contribution < -0.4 is 0 Å². The van der Waals surface area contributed by atoms with Gasteiger partial charge in [-0.15, -0.1) is 0 Å². The zero-order valence-corrected chi connectivity index (χ0v) is 17.7. The van der Waals surface area contributed by atoms with Gasteiger partial charge in [-0.3, -0.25) is 14.5 Å². The SMILES string of the molecule is CC(C(=O)N(C)C1CCS(=O)(=O)C1)N1C(=O)/C(=C/c2ccc(F)cc2)SC1=S. The fourth-order valence-electron chi connectivity index (χ4n) is 3.19. The Balaban J connectivity index is 1.75. The topological polar surface area (TPSA) is 74.8 Å². The number of sulfone groups is 1. The summed E-state index contributed by atoms with van der Waals surface area (Å²) in [5, 5.41) is 0. The average molecular weight is 443 g/mol. The summed E-state index contributed by atoms with van der Waals surface area (Å²) in [7, 11) is -1.57. The summed E-state index contributed by atoms with van der Waals surface area (Å²) in [5.41, 5.74) is 0.647. The Morgan fingerprint density at radius 3 is 2.61 bits per heavy atom. The highest BCUT2D eigenvalue weighted by Crippen LogP contribution is 2.34. The summed E-state index contributed by atoms with van der Waals surface area (Å²) >= 11 is 6.36. The minimum absolute atomic E-state index is 0.0606. The summed E-state index contributed by atoms with van der Waals surface area (Å²) < 4.78 is 36.7. The highest BCUT2D eigenvalue weighted by atomic mass is 32.2. The van der Waals surface area contributed by atoms with Crippen molar-refractivity contribution in [3.8, 4) is 0 Å². The van der Waals surface area contributed by atoms with Crippen LogP contribution in [0.3, 0.4) is 0 Å². The fraction of sp³-hybridized carbons (Fsp3) is 0.389. The van der Waals surface area contributed by atoms with Crippen LogP contribution in [0.5, 0.6) is 0 Å². The van der Waals surface area contributed by atoms with Crippen LogP contribution in [0.25, 0.3) is 6.08 Å². The maximum Gasteiger partial charge on any atom is 0.266 e. The Morgan fingerprint density at radius 1 is 1.39 bits per heavy atom. The molecule has 0 bridgehead atoms. The van der Waals surface area contributed by atoms with Crippen molar-refractivity contribution < 1.29 is 22.4 Å². The van der Waals surface area contributed by atoms with Crippen molar-refractivity contribution in [2.75, 3.05) is 18.6 Å². The van der Waals surface area contributed by atoms with Crippen LogP contribution in [0.2, 0.25) is 0 Å². The molecule has 0 saturated carbocycles. The van der Waals surface area contributed by atoms with Gasteiger partial charge in [-0.05, 0) is 37.1 Å². The van der Waals surface area contributed by atoms with Gasteiger partial charge in [0.25, 0.3) is 5.91 Å². The minimum Gasteiger partial charge on any atom is -0.340 e. The van der Waals surface area contributed by atoms with Crippen molar-refractivity contribution in [3.05, 3.63) is 40.6 Å². The monoisotopic (exact) mass is 442 g/mol. The maximum atomic E-state index is 13.0. The molecule has 6 nitrogen and oxygen atoms in total. The molecule has 2 amide bonds. The number of nitrogens with zero attached hydrogens (tertiary/aromatic N) is 2. The molecule has 0 spiro atoms. The van der Waals surface area contributed by atoms with E-state index in [1.807, 2.05) is 0 Å². The third-order valence-corrected chi connectivity index (χ3v) is 7.92. The number of amides is 2. The van der Waals surface area contributed by atoms with E-state index in [1.54, 1.807) is 32.2 Å². The van der Waals surface area contributed by atoms with Crippen molar-refractivity contribution in [1.82, 2.24) is 9.80 Å². The molecule has 10 heteroatoms. The van der Waals surface area contributed by atoms with Crippen LogP contribution in [0.15, 0.2) is 29.2 Å². The molecular weight excluding hydrogens is 423 g/mol. The molecule has 2 unspecified atom stereocenters. The zero-order valence-electron chi connectivity index (χ0n) is 15.3. The number of hydrogen-bond donors (Lipinski definition) is 0. The fourth-order valence-corrected chi connectivity index (χ4v) is 6.38. The number of thioether (sulfide) groups is 1. The number of likely N-dealkylation sites (N-methyl/N-ethyl adjacent to an activating group) is 1. The van der Waals surface area contributed by atoms with E-state index in [1.165, 1.54) is 21.9 Å². The standard InChI is InChI=1S/C18H19FN2O4S3/c1-11(16(22)20(2)14-7-8-28(24,25)10-14)21-17(23)15(27-18(21)26)9-12-3-5-13(19)6-4-12/h3-6,9,11,14H,7-8,10H2,1-2H3/b15-9-. The second-order valence-electron chi connectivity index (χ2n) is 6.79. The Labute approximate surface area is 172 Å². The molecule has 2 heterocycles. The molecular formula is C18H19FN2O4S3. The van der Waals surface area contributed by atoms with Crippen LogP contribution in [0, 0.1) is 5.82 Å². The summed E-state index contributed by atoms with van der Waals surface area (Å²) in [5.74, 6) is -1.13. The van der Waals surface area contributed by atoms with Gasteiger partial charge in [0.2, 0.25) is 5.91 Å². The predicted molar refractivity (Wildman–Crippen MR) is 111 cm³/mol. The number of benzene rings is 1. The largest absolute Gasteiger partial charge is 0.340 e. The maximum absolute atomic E-state index is 13.0. The minimum atomic E-state index is -3.13. The molecule has 0 N–H and O–H groups in total. The molecule has 2 saturated heterocycles. The van der Waals surface area contributed by atoms with E-state index in [9.17, 15) is 22.4 Å². The molecule has 28 heavy (non-hydrogen) atoms. The lowest BCUT2D eigenvalue weighted by molar-refractivity contribution is -0.139. The highest BCUT2D eigenvalue weighted by molar-refractivity contribution is 8.26. The van der Waals surface area contributed by atoms with Gasteiger partial charge in [-0.2, -0.15) is 0 Å². The zero-order chi connectivity index (χ0) is 20.6. The van der Waals surface area contributed by atoms with Crippen LogP contribution >= 0.6 is 24.0 Å². The summed E-state index contributed by atoms with van der Waals surface area (Å²) in [4.78, 5) is 28.6. The first-order valence-corrected chi connectivity index (χ1v) is 11.6. The molecule has 0 aliphatic carbocycles. The Morgan fingerprint density at radius 2 is 2.04 bits per heavy atom. The molecule has 2 fully saturated rings. The van der Waals surface area contributed by atoms with Crippen LogP contribution in [-0.4, -0.2) is 65.0 Å². The Bertz CT molecular complexity index is 960. The first-order valence-electron chi connectivity index (χ1n) is 8.59. The number of hydrogen-bond acceptors (Lipinski definition) is 6. The Hall–Kier alpha value is -1.78. The summed E-state index contributed by atoms with van der Waals surface area (Å²) in [6.07, 6.45) is 1.99. The van der Waals surface area contributed by atoms with E-state index in [-0.39, 0.29) is 27.6 Å². The lowest BCUT2D eigenvalue weighted by Crippen LogP contribution is -2.50. The Kier molecular flexibility index (Phi) is 5.92. The first-order chi connectivity index (χ1) is 13.1. The second-order valence-corrected chi connectivity index (χ2v) is 10.7.